The normalized spacial score (nSPS) is 28.0. The van der Waals surface area contributed by atoms with Crippen molar-refractivity contribution < 1.29 is 14.9 Å². The van der Waals surface area contributed by atoms with Crippen LogP contribution in [0.25, 0.3) is 11.2 Å². The van der Waals surface area contributed by atoms with E-state index in [-0.39, 0.29) is 18.3 Å². The summed E-state index contributed by atoms with van der Waals surface area (Å²) in [5, 5.41) is 19.1. The highest BCUT2D eigenvalue weighted by atomic mass is 16.5. The van der Waals surface area contributed by atoms with E-state index in [1.807, 2.05) is 0 Å². The molecule has 8 nitrogen and oxygen atoms in total. The van der Waals surface area contributed by atoms with Crippen molar-refractivity contribution in [1.29, 1.82) is 0 Å². The Balaban J connectivity index is 2.03. The van der Waals surface area contributed by atoms with E-state index in [2.05, 4.69) is 15.0 Å². The van der Waals surface area contributed by atoms with Crippen LogP contribution in [0.15, 0.2) is 12.7 Å². The van der Waals surface area contributed by atoms with Crippen molar-refractivity contribution >= 4 is 17.0 Å². The van der Waals surface area contributed by atoms with Gasteiger partial charge in [-0.15, -0.1) is 0 Å². The molecule has 0 aromatic carbocycles. The number of imidazole rings is 1. The number of nitrogens with zero attached hydrogens (tertiary/aromatic N) is 4. The van der Waals surface area contributed by atoms with E-state index in [0.29, 0.717) is 17.8 Å². The van der Waals surface area contributed by atoms with Gasteiger partial charge >= 0.3 is 0 Å². The quantitative estimate of drug-likeness (QED) is 0.620. The van der Waals surface area contributed by atoms with Crippen LogP contribution in [0, 0.1) is 5.92 Å². The lowest BCUT2D eigenvalue weighted by molar-refractivity contribution is -0.0108. The van der Waals surface area contributed by atoms with Crippen LogP contribution in [0.1, 0.15) is 6.23 Å². The first-order valence-corrected chi connectivity index (χ1v) is 5.56. The molecule has 0 bridgehead atoms. The first kappa shape index (κ1) is 11.3. The van der Waals surface area contributed by atoms with Crippen molar-refractivity contribution in [2.24, 2.45) is 5.92 Å². The van der Waals surface area contributed by atoms with Crippen molar-refractivity contribution in [1.82, 2.24) is 19.5 Å². The second-order valence-corrected chi connectivity index (χ2v) is 4.24. The summed E-state index contributed by atoms with van der Waals surface area (Å²) < 4.78 is 7.08. The highest BCUT2D eigenvalue weighted by Crippen LogP contribution is 2.30. The number of aliphatic hydroxyl groups excluding tert-OH is 2. The number of aliphatic hydroxyl groups is 2. The zero-order valence-corrected chi connectivity index (χ0v) is 9.47. The zero-order chi connectivity index (χ0) is 12.7. The molecule has 3 heterocycles. The molecule has 8 heteroatoms. The second kappa shape index (κ2) is 4.16. The number of rotatable bonds is 2. The molecule has 1 aliphatic heterocycles. The maximum atomic E-state index is 10.0. The summed E-state index contributed by atoms with van der Waals surface area (Å²) in [6.45, 7) is 0.171. The fourth-order valence-corrected chi connectivity index (χ4v) is 2.11. The van der Waals surface area contributed by atoms with Gasteiger partial charge in [-0.25, -0.2) is 15.0 Å². The number of aromatic nitrogens is 4. The van der Waals surface area contributed by atoms with Gasteiger partial charge in [0.1, 0.15) is 17.9 Å². The Morgan fingerprint density at radius 2 is 2.28 bits per heavy atom. The smallest absolute Gasteiger partial charge is 0.167 e. The molecule has 2 aromatic heterocycles. The van der Waals surface area contributed by atoms with Gasteiger partial charge < -0.3 is 20.7 Å². The molecule has 1 fully saturated rings. The predicted octanol–water partition coefficient (Wildman–Crippen LogP) is -1.09. The van der Waals surface area contributed by atoms with Crippen molar-refractivity contribution in [2.75, 3.05) is 18.9 Å². The molecule has 96 valence electrons. The average molecular weight is 251 g/mol. The molecule has 3 rings (SSSR count). The predicted molar refractivity (Wildman–Crippen MR) is 61.3 cm³/mol. The number of hydrogen-bond donors (Lipinski definition) is 3. The Morgan fingerprint density at radius 1 is 1.44 bits per heavy atom. The molecule has 4 N–H and O–H groups in total. The van der Waals surface area contributed by atoms with E-state index in [4.69, 9.17) is 15.6 Å². The van der Waals surface area contributed by atoms with Crippen LogP contribution in [0.2, 0.25) is 0 Å². The van der Waals surface area contributed by atoms with Crippen LogP contribution in [0.4, 0.5) is 5.82 Å². The van der Waals surface area contributed by atoms with Gasteiger partial charge in [0.2, 0.25) is 0 Å². The van der Waals surface area contributed by atoms with Crippen molar-refractivity contribution in [3.63, 3.8) is 0 Å². The van der Waals surface area contributed by atoms with Crippen LogP contribution in [-0.4, -0.2) is 49.0 Å². The molecular weight excluding hydrogens is 238 g/mol. The molecule has 1 aliphatic rings. The molecule has 0 spiro atoms. The van der Waals surface area contributed by atoms with Crippen LogP contribution >= 0.6 is 0 Å². The summed E-state index contributed by atoms with van der Waals surface area (Å²) in [6.07, 6.45) is 1.43. The van der Waals surface area contributed by atoms with Crippen molar-refractivity contribution in [3.8, 4) is 0 Å². The topological polar surface area (TPSA) is 119 Å². The van der Waals surface area contributed by atoms with Crippen LogP contribution in [-0.2, 0) is 4.74 Å². The Morgan fingerprint density at radius 3 is 3.00 bits per heavy atom. The van der Waals surface area contributed by atoms with E-state index >= 15 is 0 Å². The lowest BCUT2D eigenvalue weighted by Gasteiger charge is -2.17. The lowest BCUT2D eigenvalue weighted by Crippen LogP contribution is -2.26. The molecule has 2 aromatic rings. The number of nitrogens with two attached hydrogens (primary N) is 1. The molecule has 18 heavy (non-hydrogen) atoms. The van der Waals surface area contributed by atoms with E-state index in [1.165, 1.54) is 12.7 Å². The first-order valence-electron chi connectivity index (χ1n) is 5.56. The molecule has 0 unspecified atom stereocenters. The van der Waals surface area contributed by atoms with Gasteiger partial charge in [-0.2, -0.15) is 0 Å². The molecule has 3 atom stereocenters. The summed E-state index contributed by atoms with van der Waals surface area (Å²) in [4.78, 5) is 12.0. The second-order valence-electron chi connectivity index (χ2n) is 4.24. The Kier molecular flexibility index (Phi) is 2.62. The summed E-state index contributed by atoms with van der Waals surface area (Å²) in [5.41, 5.74) is 6.66. The number of ether oxygens (including phenoxy) is 1. The molecule has 0 aliphatic carbocycles. The highest BCUT2D eigenvalue weighted by Gasteiger charge is 2.37. The van der Waals surface area contributed by atoms with E-state index in [9.17, 15) is 5.11 Å². The third-order valence-corrected chi connectivity index (χ3v) is 3.15. The van der Waals surface area contributed by atoms with Crippen LogP contribution in [0.3, 0.4) is 0 Å². The van der Waals surface area contributed by atoms with Gasteiger partial charge in [-0.05, 0) is 0 Å². The largest absolute Gasteiger partial charge is 0.396 e. The minimum Gasteiger partial charge on any atom is -0.396 e. The lowest BCUT2D eigenvalue weighted by atomic mass is 10.1. The standard InChI is InChI=1S/C10H13N5O3/c11-8-6-9(13-3-12-8)15(4-14-6)10-7(17)5(1-16)2-18-10/h3-5,7,10,16-17H,1-2H2,(H2,11,12,13)/t5-,7+,10-/m1/s1. The molecular formula is C10H13N5O3. The number of fused-ring (bicyclic) bond motifs is 1. The molecule has 1 saturated heterocycles. The van der Waals surface area contributed by atoms with Crippen molar-refractivity contribution in [3.05, 3.63) is 12.7 Å². The molecule has 0 saturated carbocycles. The summed E-state index contributed by atoms with van der Waals surface area (Å²) >= 11 is 0. The summed E-state index contributed by atoms with van der Waals surface area (Å²) in [7, 11) is 0. The maximum Gasteiger partial charge on any atom is 0.167 e. The highest BCUT2D eigenvalue weighted by molar-refractivity contribution is 5.81. The van der Waals surface area contributed by atoms with E-state index in [1.54, 1.807) is 4.57 Å². The van der Waals surface area contributed by atoms with Crippen LogP contribution in [0.5, 0.6) is 0 Å². The Bertz CT molecular complexity index is 572. The van der Waals surface area contributed by atoms with Gasteiger partial charge in [0.25, 0.3) is 0 Å². The Labute approximate surface area is 102 Å². The van der Waals surface area contributed by atoms with Gasteiger partial charge in [-0.1, -0.05) is 0 Å². The third-order valence-electron chi connectivity index (χ3n) is 3.15. The third kappa shape index (κ3) is 1.54. The first-order chi connectivity index (χ1) is 8.72. The number of anilines is 1. The van der Waals surface area contributed by atoms with E-state index < -0.39 is 12.3 Å². The van der Waals surface area contributed by atoms with Gasteiger partial charge in [-0.3, -0.25) is 4.57 Å². The SMILES string of the molecule is Nc1ncnc2c1ncn2[C@@H]1OC[C@@H](CO)[C@@H]1O. The monoisotopic (exact) mass is 251 g/mol. The fourth-order valence-electron chi connectivity index (χ4n) is 2.11. The minimum absolute atomic E-state index is 0.124. The van der Waals surface area contributed by atoms with Gasteiger partial charge in [0.15, 0.2) is 17.7 Å². The Hall–Kier alpha value is -1.77. The fraction of sp³-hybridized carbons (Fsp3) is 0.500. The van der Waals surface area contributed by atoms with E-state index in [0.717, 1.165) is 0 Å². The maximum absolute atomic E-state index is 10.0. The number of nitrogen functional groups attached to an aromatic ring is 1. The summed E-state index contributed by atoms with van der Waals surface area (Å²) in [6, 6.07) is 0. The molecule has 0 amide bonds. The minimum atomic E-state index is -0.802. The summed E-state index contributed by atoms with van der Waals surface area (Å²) in [5.74, 6) is -0.0171. The van der Waals surface area contributed by atoms with Gasteiger partial charge in [0.05, 0.1) is 19.5 Å². The average Bonchev–Trinajstić information content (AvgIpc) is 2.93. The number of hydrogen-bond acceptors (Lipinski definition) is 7. The zero-order valence-electron chi connectivity index (χ0n) is 9.47. The van der Waals surface area contributed by atoms with Gasteiger partial charge in [0, 0.05) is 5.92 Å². The molecule has 0 radical (unpaired) electrons. The van der Waals surface area contributed by atoms with Crippen LogP contribution < -0.4 is 5.73 Å². The van der Waals surface area contributed by atoms with Crippen molar-refractivity contribution in [2.45, 2.75) is 12.3 Å².